The van der Waals surface area contributed by atoms with Crippen molar-refractivity contribution < 1.29 is 4.79 Å². The van der Waals surface area contributed by atoms with Crippen molar-refractivity contribution in [1.82, 2.24) is 5.32 Å². The molecule has 0 saturated carbocycles. The van der Waals surface area contributed by atoms with Crippen molar-refractivity contribution in [3.05, 3.63) is 29.8 Å². The minimum Gasteiger partial charge on any atom is -0.357 e. The fraction of sp³-hybridized carbons (Fsp3) is 0.462. The lowest BCUT2D eigenvalue weighted by Crippen LogP contribution is -2.55. The van der Waals surface area contributed by atoms with E-state index in [2.05, 4.69) is 10.2 Å². The molecule has 0 bridgehead atoms. The predicted molar refractivity (Wildman–Crippen MR) is 68.8 cm³/mol. The van der Waals surface area contributed by atoms with Gasteiger partial charge in [0.05, 0.1) is 0 Å². The number of nitrogens with zero attached hydrogens (tertiary/aromatic N) is 1. The Morgan fingerprint density at radius 2 is 2.24 bits per heavy atom. The molecule has 1 aromatic carbocycles. The average Bonchev–Trinajstić information content (AvgIpc) is 2.38. The zero-order chi connectivity index (χ0) is 12.3. The number of nitrogens with one attached hydrogen (secondary N) is 1. The van der Waals surface area contributed by atoms with Gasteiger partial charge in [0.2, 0.25) is 5.91 Å². The Balaban J connectivity index is 2.33. The summed E-state index contributed by atoms with van der Waals surface area (Å²) in [6.07, 6.45) is 0.810. The molecule has 3 N–H and O–H groups in total. The highest BCUT2D eigenvalue weighted by atomic mass is 16.2. The Bertz CT molecular complexity index is 405. The van der Waals surface area contributed by atoms with Gasteiger partial charge in [-0.2, -0.15) is 0 Å². The van der Waals surface area contributed by atoms with E-state index < -0.39 is 0 Å². The van der Waals surface area contributed by atoms with Crippen LogP contribution in [-0.4, -0.2) is 25.0 Å². The summed E-state index contributed by atoms with van der Waals surface area (Å²) in [5.41, 5.74) is 7.94. The van der Waals surface area contributed by atoms with Gasteiger partial charge in [0.15, 0.2) is 0 Å². The Morgan fingerprint density at radius 3 is 2.94 bits per heavy atom. The highest BCUT2D eigenvalue weighted by Gasteiger charge is 2.28. The largest absolute Gasteiger partial charge is 0.357 e. The zero-order valence-corrected chi connectivity index (χ0v) is 10.1. The molecule has 4 nitrogen and oxygen atoms in total. The number of carbonyl (C=O) groups excluding carboxylic acids is 1. The first kappa shape index (κ1) is 11.9. The number of para-hydroxylation sites is 1. The fourth-order valence-electron chi connectivity index (χ4n) is 2.37. The molecular weight excluding hydrogens is 214 g/mol. The van der Waals surface area contributed by atoms with Crippen LogP contribution in [0.25, 0.3) is 0 Å². The maximum absolute atomic E-state index is 11.8. The molecule has 17 heavy (non-hydrogen) atoms. The molecule has 4 heteroatoms. The molecular formula is C13H19N3O. The van der Waals surface area contributed by atoms with E-state index in [0.717, 1.165) is 24.2 Å². The van der Waals surface area contributed by atoms with Crippen molar-refractivity contribution in [2.45, 2.75) is 25.9 Å². The monoisotopic (exact) mass is 233 g/mol. The fourth-order valence-corrected chi connectivity index (χ4v) is 2.37. The van der Waals surface area contributed by atoms with E-state index in [1.165, 1.54) is 0 Å². The molecule has 0 aromatic heterocycles. The van der Waals surface area contributed by atoms with Gasteiger partial charge < -0.3 is 16.0 Å². The SMILES string of the molecule is CCC1C(=O)NCCN1c1ccccc1CN. The van der Waals surface area contributed by atoms with Crippen LogP contribution in [0.15, 0.2) is 24.3 Å². The summed E-state index contributed by atoms with van der Waals surface area (Å²) in [6.45, 7) is 4.09. The third-order valence-corrected chi connectivity index (χ3v) is 3.24. The normalized spacial score (nSPS) is 20.2. The van der Waals surface area contributed by atoms with Gasteiger partial charge in [-0.05, 0) is 18.1 Å². The second-order valence-electron chi connectivity index (χ2n) is 4.24. The quantitative estimate of drug-likeness (QED) is 0.814. The van der Waals surface area contributed by atoms with Gasteiger partial charge in [0.1, 0.15) is 6.04 Å². The molecule has 1 unspecified atom stereocenters. The lowest BCUT2D eigenvalue weighted by atomic mass is 10.1. The molecule has 1 atom stereocenters. The number of anilines is 1. The number of hydrogen-bond donors (Lipinski definition) is 2. The van der Waals surface area contributed by atoms with Crippen LogP contribution in [0.4, 0.5) is 5.69 Å². The molecule has 0 radical (unpaired) electrons. The number of benzene rings is 1. The Hall–Kier alpha value is -1.55. The molecule has 2 rings (SSSR count). The van der Waals surface area contributed by atoms with Crippen LogP contribution in [0.2, 0.25) is 0 Å². The first-order valence-electron chi connectivity index (χ1n) is 6.10. The van der Waals surface area contributed by atoms with E-state index in [0.29, 0.717) is 13.1 Å². The summed E-state index contributed by atoms with van der Waals surface area (Å²) in [7, 11) is 0. The van der Waals surface area contributed by atoms with Gasteiger partial charge in [-0.3, -0.25) is 4.79 Å². The lowest BCUT2D eigenvalue weighted by Gasteiger charge is -2.37. The molecule has 92 valence electrons. The summed E-state index contributed by atoms with van der Waals surface area (Å²) in [4.78, 5) is 14.0. The second kappa shape index (κ2) is 5.19. The molecule has 1 saturated heterocycles. The van der Waals surface area contributed by atoms with E-state index in [1.807, 2.05) is 31.2 Å². The predicted octanol–water partition coefficient (Wildman–Crippen LogP) is 0.860. The Labute approximate surface area is 102 Å². The maximum Gasteiger partial charge on any atom is 0.242 e. The van der Waals surface area contributed by atoms with Crippen LogP contribution in [-0.2, 0) is 11.3 Å². The smallest absolute Gasteiger partial charge is 0.242 e. The summed E-state index contributed by atoms with van der Waals surface area (Å²) in [6, 6.07) is 7.97. The van der Waals surface area contributed by atoms with E-state index in [4.69, 9.17) is 5.73 Å². The van der Waals surface area contributed by atoms with Gasteiger partial charge >= 0.3 is 0 Å². The number of amides is 1. The Morgan fingerprint density at radius 1 is 1.47 bits per heavy atom. The minimum absolute atomic E-state index is 0.0727. The van der Waals surface area contributed by atoms with Crippen molar-refractivity contribution in [1.29, 1.82) is 0 Å². The number of rotatable bonds is 3. The van der Waals surface area contributed by atoms with Gasteiger partial charge in [-0.25, -0.2) is 0 Å². The molecule has 1 fully saturated rings. The lowest BCUT2D eigenvalue weighted by molar-refractivity contribution is -0.123. The standard InChI is InChI=1S/C13H19N3O/c1-2-11-13(17)15-7-8-16(11)12-6-4-3-5-10(12)9-14/h3-6,11H,2,7-9,14H2,1H3,(H,15,17). The number of nitrogens with two attached hydrogens (primary N) is 1. The highest BCUT2D eigenvalue weighted by molar-refractivity contribution is 5.86. The summed E-state index contributed by atoms with van der Waals surface area (Å²) in [5.74, 6) is 0.116. The highest BCUT2D eigenvalue weighted by Crippen LogP contribution is 2.24. The molecule has 0 aliphatic carbocycles. The van der Waals surface area contributed by atoms with E-state index in [9.17, 15) is 4.79 Å². The number of hydrogen-bond acceptors (Lipinski definition) is 3. The topological polar surface area (TPSA) is 58.4 Å². The second-order valence-corrected chi connectivity index (χ2v) is 4.24. The van der Waals surface area contributed by atoms with Gasteiger partial charge in [0.25, 0.3) is 0 Å². The molecule has 1 aliphatic heterocycles. The molecule has 1 heterocycles. The summed E-state index contributed by atoms with van der Waals surface area (Å²) >= 11 is 0. The third kappa shape index (κ3) is 2.26. The molecule has 1 aliphatic rings. The first-order chi connectivity index (χ1) is 8.27. The van der Waals surface area contributed by atoms with E-state index >= 15 is 0 Å². The van der Waals surface area contributed by atoms with Crippen LogP contribution >= 0.6 is 0 Å². The van der Waals surface area contributed by atoms with Gasteiger partial charge in [-0.15, -0.1) is 0 Å². The van der Waals surface area contributed by atoms with Crippen molar-refractivity contribution >= 4 is 11.6 Å². The minimum atomic E-state index is -0.0727. The third-order valence-electron chi connectivity index (χ3n) is 3.24. The van der Waals surface area contributed by atoms with Crippen LogP contribution in [0, 0.1) is 0 Å². The maximum atomic E-state index is 11.8. The zero-order valence-electron chi connectivity index (χ0n) is 10.1. The van der Waals surface area contributed by atoms with E-state index in [1.54, 1.807) is 0 Å². The van der Waals surface area contributed by atoms with Crippen molar-refractivity contribution in [2.24, 2.45) is 5.73 Å². The molecule has 1 amide bonds. The average molecular weight is 233 g/mol. The van der Waals surface area contributed by atoms with Crippen LogP contribution in [0.3, 0.4) is 0 Å². The molecule has 0 spiro atoms. The summed E-state index contributed by atoms with van der Waals surface area (Å²) in [5, 5.41) is 2.91. The van der Waals surface area contributed by atoms with E-state index in [-0.39, 0.29) is 11.9 Å². The Kier molecular flexibility index (Phi) is 3.64. The van der Waals surface area contributed by atoms with Crippen molar-refractivity contribution in [2.75, 3.05) is 18.0 Å². The number of carbonyl (C=O) groups is 1. The first-order valence-corrected chi connectivity index (χ1v) is 6.10. The van der Waals surface area contributed by atoms with Crippen molar-refractivity contribution in [3.63, 3.8) is 0 Å². The summed E-state index contributed by atoms with van der Waals surface area (Å²) < 4.78 is 0. The van der Waals surface area contributed by atoms with Crippen molar-refractivity contribution in [3.8, 4) is 0 Å². The van der Waals surface area contributed by atoms with Gasteiger partial charge in [0, 0.05) is 25.3 Å². The number of piperazine rings is 1. The van der Waals surface area contributed by atoms with Crippen LogP contribution < -0.4 is 16.0 Å². The van der Waals surface area contributed by atoms with Gasteiger partial charge in [-0.1, -0.05) is 25.1 Å². The molecule has 1 aromatic rings. The van der Waals surface area contributed by atoms with Crippen LogP contribution in [0.1, 0.15) is 18.9 Å². The van der Waals surface area contributed by atoms with Crippen LogP contribution in [0.5, 0.6) is 0 Å².